The van der Waals surface area contributed by atoms with Crippen molar-refractivity contribution in [3.05, 3.63) is 48.0 Å². The Morgan fingerprint density at radius 1 is 1.00 bits per heavy atom. The van der Waals surface area contributed by atoms with Crippen molar-refractivity contribution >= 4 is 5.69 Å². The molecule has 126 valence electrons. The zero-order valence-electron chi connectivity index (χ0n) is 12.8. The second-order valence-electron chi connectivity index (χ2n) is 5.76. The lowest BCUT2D eigenvalue weighted by Crippen LogP contribution is -2.52. The quantitative estimate of drug-likeness (QED) is 0.928. The molecule has 0 radical (unpaired) electrons. The first-order valence-corrected chi connectivity index (χ1v) is 7.40. The van der Waals surface area contributed by atoms with Gasteiger partial charge in [0, 0.05) is 11.8 Å². The molecule has 2 aromatic carbocycles. The summed E-state index contributed by atoms with van der Waals surface area (Å²) in [5.74, 6) is 0.795. The summed E-state index contributed by atoms with van der Waals surface area (Å²) in [5, 5.41) is 3.36. The second-order valence-corrected chi connectivity index (χ2v) is 5.76. The average Bonchev–Trinajstić information content (AvgIpc) is 2.84. The summed E-state index contributed by atoms with van der Waals surface area (Å²) in [6.07, 6.45) is -3.62. The normalized spacial score (nSPS) is 19.5. The van der Waals surface area contributed by atoms with E-state index in [1.54, 1.807) is 13.2 Å². The summed E-state index contributed by atoms with van der Waals surface area (Å²) in [6, 6.07) is 12.3. The first kappa shape index (κ1) is 15.0. The Hall–Kier alpha value is -2.54. The fourth-order valence-corrected chi connectivity index (χ4v) is 2.83. The maximum atomic E-state index is 13.1. The van der Waals surface area contributed by atoms with Gasteiger partial charge in [-0.25, -0.2) is 0 Å². The van der Waals surface area contributed by atoms with Crippen LogP contribution >= 0.6 is 0 Å². The molecular weight excluding hydrogens is 320 g/mol. The first-order valence-electron chi connectivity index (χ1n) is 7.40. The molecule has 0 unspecified atom stereocenters. The van der Waals surface area contributed by atoms with E-state index in [2.05, 4.69) is 14.8 Å². The van der Waals surface area contributed by atoms with E-state index in [0.29, 0.717) is 18.9 Å². The molecule has 24 heavy (non-hydrogen) atoms. The van der Waals surface area contributed by atoms with Gasteiger partial charge in [0.05, 0.1) is 20.3 Å². The largest absolute Gasteiger partial charge is 0.586 e. The lowest BCUT2D eigenvalue weighted by Gasteiger charge is -2.43. The van der Waals surface area contributed by atoms with E-state index in [4.69, 9.17) is 9.47 Å². The van der Waals surface area contributed by atoms with Crippen molar-refractivity contribution in [3.63, 3.8) is 0 Å². The van der Waals surface area contributed by atoms with Crippen LogP contribution in [-0.2, 0) is 10.3 Å². The zero-order chi connectivity index (χ0) is 16.8. The van der Waals surface area contributed by atoms with E-state index in [1.807, 2.05) is 24.3 Å². The summed E-state index contributed by atoms with van der Waals surface area (Å²) in [6.45, 7) is 0.952. The van der Waals surface area contributed by atoms with Crippen LogP contribution in [0.1, 0.15) is 5.56 Å². The van der Waals surface area contributed by atoms with Crippen LogP contribution in [0.15, 0.2) is 42.5 Å². The highest BCUT2D eigenvalue weighted by molar-refractivity contribution is 5.58. The Morgan fingerprint density at radius 2 is 1.71 bits per heavy atom. The van der Waals surface area contributed by atoms with Gasteiger partial charge in [-0.05, 0) is 29.8 Å². The summed E-state index contributed by atoms with van der Waals surface area (Å²) < 4.78 is 45.7. The van der Waals surface area contributed by atoms with E-state index >= 15 is 0 Å². The van der Waals surface area contributed by atoms with Crippen molar-refractivity contribution in [1.82, 2.24) is 0 Å². The third-order valence-electron chi connectivity index (χ3n) is 4.12. The maximum Gasteiger partial charge on any atom is 0.586 e. The van der Waals surface area contributed by atoms with Crippen LogP contribution in [0.4, 0.5) is 14.5 Å². The lowest BCUT2D eigenvalue weighted by molar-refractivity contribution is -0.286. The number of rotatable bonds is 4. The Bertz CT molecular complexity index is 760. The van der Waals surface area contributed by atoms with Gasteiger partial charge >= 0.3 is 6.29 Å². The molecule has 5 nitrogen and oxygen atoms in total. The molecular formula is C17H15F2NO4. The van der Waals surface area contributed by atoms with E-state index in [1.165, 1.54) is 12.1 Å². The van der Waals surface area contributed by atoms with Gasteiger partial charge < -0.3 is 24.3 Å². The number of nitrogens with one attached hydrogen (secondary N) is 1. The summed E-state index contributed by atoms with van der Waals surface area (Å²) in [7, 11) is 1.61. The highest BCUT2D eigenvalue weighted by Gasteiger charge is 2.44. The average molecular weight is 335 g/mol. The Morgan fingerprint density at radius 3 is 2.33 bits per heavy atom. The number of hydrogen-bond donors (Lipinski definition) is 1. The molecule has 0 aromatic heterocycles. The number of benzene rings is 2. The molecule has 7 heteroatoms. The van der Waals surface area contributed by atoms with E-state index < -0.39 is 11.8 Å². The van der Waals surface area contributed by atoms with Crippen LogP contribution in [0.3, 0.4) is 0 Å². The van der Waals surface area contributed by atoms with Crippen molar-refractivity contribution in [2.24, 2.45) is 0 Å². The summed E-state index contributed by atoms with van der Waals surface area (Å²) in [5.41, 5.74) is 1.26. The molecule has 1 fully saturated rings. The molecule has 0 aliphatic carbocycles. The Labute approximate surface area is 137 Å². The van der Waals surface area contributed by atoms with Crippen molar-refractivity contribution in [2.45, 2.75) is 11.8 Å². The molecule has 1 saturated heterocycles. The first-order chi connectivity index (χ1) is 11.5. The molecule has 2 aliphatic heterocycles. The van der Waals surface area contributed by atoms with E-state index in [9.17, 15) is 8.78 Å². The van der Waals surface area contributed by atoms with Gasteiger partial charge in [0.2, 0.25) is 0 Å². The monoisotopic (exact) mass is 335 g/mol. The molecule has 0 amide bonds. The fourth-order valence-electron chi connectivity index (χ4n) is 2.83. The fraction of sp³-hybridized carbons (Fsp3) is 0.294. The molecule has 0 bridgehead atoms. The van der Waals surface area contributed by atoms with Gasteiger partial charge in [0.15, 0.2) is 11.5 Å². The van der Waals surface area contributed by atoms with Crippen molar-refractivity contribution < 1.29 is 27.7 Å². The highest BCUT2D eigenvalue weighted by atomic mass is 19.3. The topological polar surface area (TPSA) is 49.0 Å². The number of halogens is 2. The Kier molecular flexibility index (Phi) is 3.28. The predicted octanol–water partition coefficient (Wildman–Crippen LogP) is 3.35. The molecule has 0 saturated carbocycles. The van der Waals surface area contributed by atoms with Gasteiger partial charge in [-0.15, -0.1) is 8.78 Å². The van der Waals surface area contributed by atoms with Crippen LogP contribution in [0.5, 0.6) is 17.2 Å². The minimum absolute atomic E-state index is 0.00937. The van der Waals surface area contributed by atoms with Crippen LogP contribution in [-0.4, -0.2) is 26.6 Å². The van der Waals surface area contributed by atoms with Crippen LogP contribution in [0.25, 0.3) is 0 Å². The van der Waals surface area contributed by atoms with Crippen molar-refractivity contribution in [1.29, 1.82) is 0 Å². The number of fused-ring (bicyclic) bond motifs is 1. The van der Waals surface area contributed by atoms with E-state index in [0.717, 1.165) is 11.3 Å². The zero-order valence-corrected chi connectivity index (χ0v) is 12.8. The second kappa shape index (κ2) is 5.24. The smallest absolute Gasteiger partial charge is 0.497 e. The molecule has 2 aliphatic rings. The number of alkyl halides is 2. The molecule has 2 heterocycles. The van der Waals surface area contributed by atoms with Gasteiger partial charge in [-0.3, -0.25) is 0 Å². The van der Waals surface area contributed by atoms with Crippen molar-refractivity contribution in [2.75, 3.05) is 25.6 Å². The third-order valence-corrected chi connectivity index (χ3v) is 4.12. The minimum atomic E-state index is -3.62. The summed E-state index contributed by atoms with van der Waals surface area (Å²) in [4.78, 5) is 0. The van der Waals surface area contributed by atoms with Crippen LogP contribution < -0.4 is 19.5 Å². The van der Waals surface area contributed by atoms with Crippen LogP contribution in [0, 0.1) is 0 Å². The molecule has 0 spiro atoms. The molecule has 2 aromatic rings. The van der Waals surface area contributed by atoms with Gasteiger partial charge in [-0.2, -0.15) is 0 Å². The van der Waals surface area contributed by atoms with Crippen LogP contribution in [0.2, 0.25) is 0 Å². The maximum absolute atomic E-state index is 13.1. The number of ether oxygens (including phenoxy) is 4. The van der Waals surface area contributed by atoms with Crippen molar-refractivity contribution in [3.8, 4) is 17.2 Å². The standard InChI is InChI=1S/C17H15F2NO4/c1-21-13-5-2-11(3-6-13)16(9-22-10-16)20-12-4-7-14-15(8-12)24-17(18,19)23-14/h2-8,20H,9-10H2,1H3. The van der Waals surface area contributed by atoms with Gasteiger partial charge in [-0.1, -0.05) is 12.1 Å². The molecule has 0 atom stereocenters. The Balaban J connectivity index is 1.59. The third kappa shape index (κ3) is 2.50. The van der Waals surface area contributed by atoms with Gasteiger partial charge in [0.25, 0.3) is 0 Å². The minimum Gasteiger partial charge on any atom is -0.497 e. The lowest BCUT2D eigenvalue weighted by atomic mass is 9.87. The number of hydrogen-bond acceptors (Lipinski definition) is 5. The SMILES string of the molecule is COc1ccc(C2(Nc3ccc4c(c3)OC(F)(F)O4)COC2)cc1. The molecule has 1 N–H and O–H groups in total. The van der Waals surface area contributed by atoms with Gasteiger partial charge in [0.1, 0.15) is 11.3 Å². The van der Waals surface area contributed by atoms with E-state index in [-0.39, 0.29) is 11.5 Å². The molecule has 4 rings (SSSR count). The summed E-state index contributed by atoms with van der Waals surface area (Å²) >= 11 is 0. The predicted molar refractivity (Wildman–Crippen MR) is 81.8 cm³/mol. The number of methoxy groups -OCH3 is 1. The highest BCUT2D eigenvalue weighted by Crippen LogP contribution is 2.43. The number of anilines is 1.